The third-order valence-electron chi connectivity index (χ3n) is 3.11. The largest absolute Gasteiger partial charge is 0.369 e. The molecule has 0 bridgehead atoms. The predicted octanol–water partition coefficient (Wildman–Crippen LogP) is 2.20. The number of anilines is 1. The first-order chi connectivity index (χ1) is 7.72. The van der Waals surface area contributed by atoms with Crippen molar-refractivity contribution in [3.05, 3.63) is 11.3 Å². The topological polar surface area (TPSA) is 53.6 Å². The number of rotatable bonds is 5. The number of hydrogen-bond donors (Lipinski definition) is 1. The minimum Gasteiger partial charge on any atom is -0.369 e. The normalized spacial score (nSPS) is 14.8. The molecule has 0 saturated heterocycles. The van der Waals surface area contributed by atoms with Gasteiger partial charge in [-0.15, -0.1) is 0 Å². The van der Waals surface area contributed by atoms with E-state index in [-0.39, 0.29) is 0 Å². The van der Waals surface area contributed by atoms with Crippen molar-refractivity contribution in [2.24, 2.45) is 13.0 Å². The molecule has 0 spiro atoms. The zero-order chi connectivity index (χ0) is 11.5. The minimum atomic E-state index is 0.675. The van der Waals surface area contributed by atoms with Crippen LogP contribution in [0, 0.1) is 24.2 Å². The molecule has 0 atom stereocenters. The Morgan fingerprint density at radius 1 is 1.56 bits per heavy atom. The molecule has 4 nitrogen and oxygen atoms in total. The third kappa shape index (κ3) is 2.35. The Balaban J connectivity index is 1.89. The molecular formula is C12H18N4. The molecule has 1 fully saturated rings. The molecule has 16 heavy (non-hydrogen) atoms. The van der Waals surface area contributed by atoms with E-state index < -0.39 is 0 Å². The van der Waals surface area contributed by atoms with E-state index >= 15 is 0 Å². The van der Waals surface area contributed by atoms with Crippen molar-refractivity contribution in [1.82, 2.24) is 9.78 Å². The fraction of sp³-hybridized carbons (Fsp3) is 0.667. The first-order valence-electron chi connectivity index (χ1n) is 5.90. The van der Waals surface area contributed by atoms with Gasteiger partial charge in [0.05, 0.1) is 5.69 Å². The van der Waals surface area contributed by atoms with Crippen LogP contribution in [0.15, 0.2) is 0 Å². The number of nitrogens with one attached hydrogen (secondary N) is 1. The summed E-state index contributed by atoms with van der Waals surface area (Å²) >= 11 is 0. The number of nitriles is 1. The average molecular weight is 218 g/mol. The molecule has 0 amide bonds. The van der Waals surface area contributed by atoms with Gasteiger partial charge in [0.15, 0.2) is 0 Å². The van der Waals surface area contributed by atoms with Gasteiger partial charge in [0, 0.05) is 13.6 Å². The maximum Gasteiger partial charge on any atom is 0.142 e. The van der Waals surface area contributed by atoms with Crippen molar-refractivity contribution in [2.45, 2.75) is 32.6 Å². The second kappa shape index (κ2) is 4.56. The monoisotopic (exact) mass is 218 g/mol. The van der Waals surface area contributed by atoms with Gasteiger partial charge in [-0.3, -0.25) is 4.68 Å². The van der Waals surface area contributed by atoms with Crippen LogP contribution in [-0.2, 0) is 7.05 Å². The van der Waals surface area contributed by atoms with Crippen molar-refractivity contribution < 1.29 is 0 Å². The zero-order valence-electron chi connectivity index (χ0n) is 9.95. The smallest absolute Gasteiger partial charge is 0.142 e. The zero-order valence-corrected chi connectivity index (χ0v) is 9.95. The molecule has 1 aromatic rings. The maximum absolute atomic E-state index is 9.02. The fourth-order valence-electron chi connectivity index (χ4n) is 2.00. The van der Waals surface area contributed by atoms with E-state index in [4.69, 9.17) is 5.26 Å². The van der Waals surface area contributed by atoms with E-state index in [0.29, 0.717) is 5.56 Å². The van der Waals surface area contributed by atoms with E-state index in [2.05, 4.69) is 16.5 Å². The van der Waals surface area contributed by atoms with Crippen molar-refractivity contribution in [3.8, 4) is 6.07 Å². The Hall–Kier alpha value is -1.50. The predicted molar refractivity (Wildman–Crippen MR) is 63.1 cm³/mol. The maximum atomic E-state index is 9.02. The number of nitrogens with zero attached hydrogens (tertiary/aromatic N) is 3. The second-order valence-electron chi connectivity index (χ2n) is 4.56. The molecule has 0 aromatic carbocycles. The lowest BCUT2D eigenvalue weighted by molar-refractivity contribution is 0.680. The van der Waals surface area contributed by atoms with Crippen LogP contribution in [0.4, 0.5) is 5.82 Å². The quantitative estimate of drug-likeness (QED) is 0.771. The van der Waals surface area contributed by atoms with Gasteiger partial charge in [-0.1, -0.05) is 12.8 Å². The van der Waals surface area contributed by atoms with Gasteiger partial charge in [0.1, 0.15) is 17.5 Å². The third-order valence-corrected chi connectivity index (χ3v) is 3.11. The Kier molecular flexibility index (Phi) is 3.14. The molecule has 1 aliphatic carbocycles. The van der Waals surface area contributed by atoms with E-state index in [9.17, 15) is 0 Å². The van der Waals surface area contributed by atoms with Crippen LogP contribution in [0.25, 0.3) is 0 Å². The summed E-state index contributed by atoms with van der Waals surface area (Å²) in [4.78, 5) is 0. The molecule has 2 rings (SSSR count). The Bertz CT molecular complexity index is 409. The highest BCUT2D eigenvalue weighted by Crippen LogP contribution is 2.33. The molecular weight excluding hydrogens is 200 g/mol. The number of aromatic nitrogens is 2. The highest BCUT2D eigenvalue weighted by Gasteiger charge is 2.20. The summed E-state index contributed by atoms with van der Waals surface area (Å²) < 4.78 is 1.75. The van der Waals surface area contributed by atoms with Gasteiger partial charge < -0.3 is 5.32 Å². The summed E-state index contributed by atoms with van der Waals surface area (Å²) in [7, 11) is 1.87. The fourth-order valence-corrected chi connectivity index (χ4v) is 2.00. The molecule has 1 aromatic heterocycles. The highest BCUT2D eigenvalue weighted by molar-refractivity contribution is 5.54. The van der Waals surface area contributed by atoms with Gasteiger partial charge in [-0.2, -0.15) is 10.4 Å². The van der Waals surface area contributed by atoms with E-state index in [1.165, 1.54) is 25.7 Å². The minimum absolute atomic E-state index is 0.675. The summed E-state index contributed by atoms with van der Waals surface area (Å²) in [6.07, 6.45) is 5.31. The Morgan fingerprint density at radius 3 is 2.94 bits per heavy atom. The molecule has 1 N–H and O–H groups in total. The van der Waals surface area contributed by atoms with Crippen LogP contribution in [0.2, 0.25) is 0 Å². The van der Waals surface area contributed by atoms with Crippen LogP contribution in [0.3, 0.4) is 0 Å². The molecule has 0 aliphatic heterocycles. The summed E-state index contributed by atoms with van der Waals surface area (Å²) in [5, 5.41) is 16.6. The molecule has 1 heterocycles. The van der Waals surface area contributed by atoms with Gasteiger partial charge >= 0.3 is 0 Å². The summed E-state index contributed by atoms with van der Waals surface area (Å²) in [5.41, 5.74) is 1.48. The standard InChI is InChI=1S/C12H18N4/c1-9-11(8-13)12(16(2)15-9)14-7-3-4-10-5-6-10/h10,14H,3-7H2,1-2H3. The Morgan fingerprint density at radius 2 is 2.31 bits per heavy atom. The second-order valence-corrected chi connectivity index (χ2v) is 4.56. The average Bonchev–Trinajstić information content (AvgIpc) is 3.01. The highest BCUT2D eigenvalue weighted by atomic mass is 15.3. The van der Waals surface area contributed by atoms with Crippen molar-refractivity contribution >= 4 is 5.82 Å². The van der Waals surface area contributed by atoms with Crippen molar-refractivity contribution in [1.29, 1.82) is 5.26 Å². The van der Waals surface area contributed by atoms with Gasteiger partial charge in [-0.25, -0.2) is 0 Å². The molecule has 1 aliphatic rings. The summed E-state index contributed by atoms with van der Waals surface area (Å²) in [6, 6.07) is 2.20. The van der Waals surface area contributed by atoms with Crippen LogP contribution >= 0.6 is 0 Å². The van der Waals surface area contributed by atoms with E-state index in [1.807, 2.05) is 14.0 Å². The number of hydrogen-bond acceptors (Lipinski definition) is 3. The Labute approximate surface area is 96.3 Å². The molecule has 4 heteroatoms. The van der Waals surface area contributed by atoms with Crippen LogP contribution in [0.1, 0.15) is 36.9 Å². The van der Waals surface area contributed by atoms with E-state index in [0.717, 1.165) is 24.0 Å². The summed E-state index contributed by atoms with van der Waals surface area (Å²) in [6.45, 7) is 2.80. The van der Waals surface area contributed by atoms with Crippen molar-refractivity contribution in [2.75, 3.05) is 11.9 Å². The SMILES string of the molecule is Cc1nn(C)c(NCCCC2CC2)c1C#N. The molecule has 0 unspecified atom stereocenters. The molecule has 1 saturated carbocycles. The molecule has 86 valence electrons. The molecule has 0 radical (unpaired) electrons. The van der Waals surface area contributed by atoms with Crippen LogP contribution in [-0.4, -0.2) is 16.3 Å². The lowest BCUT2D eigenvalue weighted by Gasteiger charge is -2.06. The van der Waals surface area contributed by atoms with Gasteiger partial charge in [0.25, 0.3) is 0 Å². The lowest BCUT2D eigenvalue weighted by atomic mass is 10.2. The number of aryl methyl sites for hydroxylation is 2. The van der Waals surface area contributed by atoms with Gasteiger partial charge in [0.2, 0.25) is 0 Å². The van der Waals surface area contributed by atoms with E-state index in [1.54, 1.807) is 4.68 Å². The lowest BCUT2D eigenvalue weighted by Crippen LogP contribution is -2.07. The first-order valence-corrected chi connectivity index (χ1v) is 5.90. The van der Waals surface area contributed by atoms with Crippen LogP contribution in [0.5, 0.6) is 0 Å². The van der Waals surface area contributed by atoms with Crippen molar-refractivity contribution in [3.63, 3.8) is 0 Å². The van der Waals surface area contributed by atoms with Gasteiger partial charge in [-0.05, 0) is 25.7 Å². The summed E-state index contributed by atoms with van der Waals surface area (Å²) in [5.74, 6) is 1.83. The van der Waals surface area contributed by atoms with Crippen LogP contribution < -0.4 is 5.32 Å². The first kappa shape index (κ1) is 11.0.